The molecule has 5 heteroatoms. The molecule has 2 aliphatic rings. The van der Waals surface area contributed by atoms with Gasteiger partial charge in [0.2, 0.25) is 0 Å². The Balaban J connectivity index is 1.38. The molecule has 0 spiro atoms. The number of fused-ring (bicyclic) bond motifs is 1. The molecule has 35 heavy (non-hydrogen) atoms. The summed E-state index contributed by atoms with van der Waals surface area (Å²) in [4.78, 5) is 17.6. The molecule has 1 saturated carbocycles. The van der Waals surface area contributed by atoms with E-state index in [9.17, 15) is 9.90 Å². The van der Waals surface area contributed by atoms with E-state index in [0.29, 0.717) is 24.8 Å². The molecule has 1 saturated heterocycles. The Morgan fingerprint density at radius 3 is 2.46 bits per heavy atom. The van der Waals surface area contributed by atoms with Crippen LogP contribution in [0.3, 0.4) is 0 Å². The number of aryl methyl sites for hydroxylation is 1. The number of hydrogen-bond donors (Lipinski definition) is 1. The molecule has 3 aromatic rings. The third kappa shape index (κ3) is 5.27. The molecule has 5 nitrogen and oxygen atoms in total. The van der Waals surface area contributed by atoms with Crippen LogP contribution >= 0.6 is 0 Å². The number of benzene rings is 3. The van der Waals surface area contributed by atoms with E-state index in [1.54, 1.807) is 0 Å². The number of ether oxygens (including phenoxy) is 1. The van der Waals surface area contributed by atoms with Crippen molar-refractivity contribution in [2.24, 2.45) is 5.92 Å². The Morgan fingerprint density at radius 2 is 1.71 bits per heavy atom. The summed E-state index contributed by atoms with van der Waals surface area (Å²) >= 11 is 0. The second-order valence-corrected chi connectivity index (χ2v) is 10.5. The monoisotopic (exact) mass is 472 g/mol. The second kappa shape index (κ2) is 10.1. The third-order valence-corrected chi connectivity index (χ3v) is 7.96. The number of likely N-dealkylation sites (N-methyl/N-ethyl adjacent to an activating group) is 1. The maximum atomic E-state index is 12.8. The van der Waals surface area contributed by atoms with Crippen molar-refractivity contribution in [3.63, 3.8) is 0 Å². The van der Waals surface area contributed by atoms with E-state index in [0.717, 1.165) is 49.2 Å². The van der Waals surface area contributed by atoms with Crippen molar-refractivity contribution in [3.8, 4) is 0 Å². The molecule has 3 atom stereocenters. The molecule has 3 aromatic carbocycles. The van der Waals surface area contributed by atoms with Gasteiger partial charge in [0.05, 0.1) is 11.2 Å². The number of piperazine rings is 1. The molecule has 184 valence electrons. The topological polar surface area (TPSA) is 53.0 Å². The molecular weight excluding hydrogens is 436 g/mol. The highest BCUT2D eigenvalue weighted by molar-refractivity contribution is 5.89. The highest BCUT2D eigenvalue weighted by Crippen LogP contribution is 2.44. The van der Waals surface area contributed by atoms with E-state index in [1.165, 1.54) is 5.39 Å². The largest absolute Gasteiger partial charge is 0.459 e. The lowest BCUT2D eigenvalue weighted by atomic mass is 9.70. The first kappa shape index (κ1) is 24.0. The van der Waals surface area contributed by atoms with Gasteiger partial charge in [-0.25, -0.2) is 4.79 Å². The third-order valence-electron chi connectivity index (χ3n) is 7.96. The number of carbonyl (C=O) groups excluding carboxylic acids is 1. The first-order valence-corrected chi connectivity index (χ1v) is 12.8. The Kier molecular flexibility index (Phi) is 6.92. The van der Waals surface area contributed by atoms with Gasteiger partial charge in [0.15, 0.2) is 0 Å². The van der Waals surface area contributed by atoms with Crippen LogP contribution in [0.25, 0.3) is 10.8 Å². The summed E-state index contributed by atoms with van der Waals surface area (Å²) in [5.74, 6) is -0.291. The minimum Gasteiger partial charge on any atom is -0.459 e. The molecule has 1 heterocycles. The summed E-state index contributed by atoms with van der Waals surface area (Å²) in [6.07, 6.45) is 1.70. The average molecular weight is 473 g/mol. The smallest absolute Gasteiger partial charge is 0.338 e. The molecule has 0 radical (unpaired) electrons. The quantitative estimate of drug-likeness (QED) is 0.550. The Hall–Kier alpha value is -2.73. The van der Waals surface area contributed by atoms with Crippen LogP contribution in [-0.2, 0) is 10.3 Å². The lowest BCUT2D eigenvalue weighted by Crippen LogP contribution is -2.52. The Morgan fingerprint density at radius 1 is 1.00 bits per heavy atom. The van der Waals surface area contributed by atoms with Crippen molar-refractivity contribution >= 4 is 16.7 Å². The van der Waals surface area contributed by atoms with Gasteiger partial charge in [0.25, 0.3) is 0 Å². The normalized spacial score (nSPS) is 26.0. The second-order valence-electron chi connectivity index (χ2n) is 10.5. The van der Waals surface area contributed by atoms with Gasteiger partial charge in [-0.1, -0.05) is 54.1 Å². The Labute approximate surface area is 208 Å². The maximum Gasteiger partial charge on any atom is 0.338 e. The van der Waals surface area contributed by atoms with Gasteiger partial charge in [0.1, 0.15) is 6.10 Å². The van der Waals surface area contributed by atoms with Crippen LogP contribution < -0.4 is 0 Å². The van der Waals surface area contributed by atoms with Crippen LogP contribution in [0.5, 0.6) is 0 Å². The lowest BCUT2D eigenvalue weighted by Gasteiger charge is -2.46. The summed E-state index contributed by atoms with van der Waals surface area (Å²) < 4.78 is 5.98. The van der Waals surface area contributed by atoms with Gasteiger partial charge in [-0.15, -0.1) is 0 Å². The summed E-state index contributed by atoms with van der Waals surface area (Å²) in [7, 11) is 2.16. The fourth-order valence-electron chi connectivity index (χ4n) is 5.64. The van der Waals surface area contributed by atoms with Crippen molar-refractivity contribution in [2.45, 2.75) is 37.9 Å². The van der Waals surface area contributed by atoms with Crippen LogP contribution in [0.4, 0.5) is 0 Å². The molecule has 1 N–H and O–H groups in total. The van der Waals surface area contributed by atoms with E-state index in [1.807, 2.05) is 43.3 Å². The fourth-order valence-corrected chi connectivity index (χ4v) is 5.64. The standard InChI is InChI=1S/C30H36N2O3/c1-22-7-9-24(10-8-22)29(33)35-28-13-14-30(34,26-12-11-23-5-3-4-6-25(23)19-26)27(20-28)21-32-17-15-31(2)16-18-32/h3-12,19,27-28,34H,13-18,20-21H2,1-2H3. The highest BCUT2D eigenvalue weighted by Gasteiger charge is 2.45. The molecule has 0 amide bonds. The molecule has 2 fully saturated rings. The van der Waals surface area contributed by atoms with Crippen LogP contribution in [0.1, 0.15) is 40.7 Å². The van der Waals surface area contributed by atoms with Crippen LogP contribution in [0.15, 0.2) is 66.7 Å². The molecule has 0 bridgehead atoms. The number of nitrogens with zero attached hydrogens (tertiary/aromatic N) is 2. The van der Waals surface area contributed by atoms with Crippen LogP contribution in [0, 0.1) is 12.8 Å². The average Bonchev–Trinajstić information content (AvgIpc) is 2.87. The van der Waals surface area contributed by atoms with Crippen molar-refractivity contribution in [1.29, 1.82) is 0 Å². The zero-order valence-corrected chi connectivity index (χ0v) is 20.8. The molecule has 1 aliphatic heterocycles. The number of carbonyl (C=O) groups is 1. The van der Waals surface area contributed by atoms with E-state index in [-0.39, 0.29) is 18.0 Å². The highest BCUT2D eigenvalue weighted by atomic mass is 16.5. The van der Waals surface area contributed by atoms with Gasteiger partial charge in [-0.2, -0.15) is 0 Å². The van der Waals surface area contributed by atoms with Crippen molar-refractivity contribution in [2.75, 3.05) is 39.8 Å². The van der Waals surface area contributed by atoms with E-state index in [4.69, 9.17) is 4.74 Å². The summed E-state index contributed by atoms with van der Waals surface area (Å²) in [5.41, 5.74) is 1.73. The molecule has 5 rings (SSSR count). The van der Waals surface area contributed by atoms with E-state index < -0.39 is 5.60 Å². The fraction of sp³-hybridized carbons (Fsp3) is 0.433. The van der Waals surface area contributed by atoms with E-state index >= 15 is 0 Å². The predicted octanol–water partition coefficient (Wildman–Crippen LogP) is 4.61. The van der Waals surface area contributed by atoms with Crippen molar-refractivity contribution in [1.82, 2.24) is 9.80 Å². The lowest BCUT2D eigenvalue weighted by molar-refractivity contribution is -0.100. The van der Waals surface area contributed by atoms with Crippen LogP contribution in [0.2, 0.25) is 0 Å². The number of esters is 1. The maximum absolute atomic E-state index is 12.8. The number of aliphatic hydroxyl groups is 1. The Bertz CT molecular complexity index is 1170. The summed E-state index contributed by atoms with van der Waals surface area (Å²) in [6.45, 7) is 6.87. The van der Waals surface area contributed by atoms with Crippen LogP contribution in [-0.4, -0.2) is 66.8 Å². The minimum atomic E-state index is -0.944. The van der Waals surface area contributed by atoms with E-state index in [2.05, 4.69) is 47.2 Å². The molecule has 3 unspecified atom stereocenters. The molecular formula is C30H36N2O3. The zero-order valence-electron chi connectivity index (χ0n) is 20.8. The SMILES string of the molecule is Cc1ccc(C(=O)OC2CCC(O)(c3ccc4ccccc4c3)C(CN3CCN(C)CC3)C2)cc1. The zero-order chi connectivity index (χ0) is 24.4. The first-order chi connectivity index (χ1) is 16.9. The predicted molar refractivity (Wildman–Crippen MR) is 140 cm³/mol. The number of hydrogen-bond acceptors (Lipinski definition) is 5. The minimum absolute atomic E-state index is 0.0170. The first-order valence-electron chi connectivity index (χ1n) is 12.8. The number of rotatable bonds is 5. The summed E-state index contributed by atoms with van der Waals surface area (Å²) in [5, 5.41) is 14.5. The molecule has 0 aromatic heterocycles. The van der Waals surface area contributed by atoms with Crippen molar-refractivity contribution < 1.29 is 14.6 Å². The van der Waals surface area contributed by atoms with Crippen molar-refractivity contribution in [3.05, 3.63) is 83.4 Å². The van der Waals surface area contributed by atoms with Gasteiger partial charge in [0, 0.05) is 38.6 Å². The van der Waals surface area contributed by atoms with Gasteiger partial charge >= 0.3 is 5.97 Å². The van der Waals surface area contributed by atoms with Gasteiger partial charge < -0.3 is 19.6 Å². The van der Waals surface area contributed by atoms with Gasteiger partial charge in [-0.05, 0) is 67.8 Å². The molecule has 1 aliphatic carbocycles. The summed E-state index contributed by atoms with van der Waals surface area (Å²) in [6, 6.07) is 22.2. The van der Waals surface area contributed by atoms with Gasteiger partial charge in [-0.3, -0.25) is 0 Å².